The Morgan fingerprint density at radius 2 is 1.50 bits per heavy atom. The van der Waals surface area contributed by atoms with E-state index in [1.807, 2.05) is 91.8 Å². The number of aryl methyl sites for hydroxylation is 1. The second kappa shape index (κ2) is 15.2. The number of fused-ring (bicyclic) bond motifs is 4. The van der Waals surface area contributed by atoms with Crippen molar-refractivity contribution in [2.45, 2.75) is 69.1 Å². The van der Waals surface area contributed by atoms with Gasteiger partial charge in [-0.3, -0.25) is 18.5 Å². The maximum Gasteiger partial charge on any atom is 0.303 e. The lowest BCUT2D eigenvalue weighted by molar-refractivity contribution is -0.437. The first-order valence-corrected chi connectivity index (χ1v) is 21.9. The molecule has 13 nitrogen and oxygen atoms in total. The lowest BCUT2D eigenvalue weighted by atomic mass is 9.79. The number of carboxylic acids is 1. The number of aliphatic carboxylic acids is 1. The Bertz CT molecular complexity index is 2460. The zero-order valence-corrected chi connectivity index (χ0v) is 32.9. The van der Waals surface area contributed by atoms with Crippen molar-refractivity contribution < 1.29 is 53.4 Å². The highest BCUT2D eigenvalue weighted by atomic mass is 32.2. The van der Waals surface area contributed by atoms with Crippen LogP contribution in [0.1, 0.15) is 63.6 Å². The summed E-state index contributed by atoms with van der Waals surface area (Å²) in [6, 6.07) is 13.7. The van der Waals surface area contributed by atoms with E-state index in [1.165, 1.54) is 12.1 Å². The van der Waals surface area contributed by atoms with E-state index in [-0.39, 0.29) is 30.7 Å². The molecule has 2 aliphatic rings. The molecule has 3 aromatic rings. The van der Waals surface area contributed by atoms with Crippen molar-refractivity contribution in [3.63, 3.8) is 0 Å². The second-order valence-electron chi connectivity index (χ2n) is 14.6. The minimum atomic E-state index is -4.43. The van der Waals surface area contributed by atoms with E-state index in [1.54, 1.807) is 12.1 Å². The molecule has 3 aromatic carbocycles. The average Bonchev–Trinajstić information content (AvgIpc) is 3.40. The van der Waals surface area contributed by atoms with Crippen molar-refractivity contribution in [1.29, 1.82) is 0 Å². The normalized spacial score (nSPS) is 17.7. The monoisotopic (exact) mass is 801 g/mol. The fraction of sp³-hybridized carbons (Fsp3) is 0.368. The fourth-order valence-electron chi connectivity index (χ4n) is 7.51. The fourth-order valence-corrected chi connectivity index (χ4v) is 9.01. The Balaban J connectivity index is 1.50. The largest absolute Gasteiger partial charge is 0.481 e. The molecule has 0 fully saturated rings. The van der Waals surface area contributed by atoms with Gasteiger partial charge in [-0.25, -0.2) is 0 Å². The van der Waals surface area contributed by atoms with E-state index in [0.717, 1.165) is 44.9 Å². The van der Waals surface area contributed by atoms with Gasteiger partial charge in [0.2, 0.25) is 5.69 Å². The molecule has 2 heterocycles. The van der Waals surface area contributed by atoms with Gasteiger partial charge in [0.1, 0.15) is 6.54 Å². The van der Waals surface area contributed by atoms with E-state index in [9.17, 15) is 48.8 Å². The molecule has 0 radical (unpaired) electrons. The zero-order valence-electron chi connectivity index (χ0n) is 30.4. The van der Waals surface area contributed by atoms with Gasteiger partial charge in [-0.05, 0) is 78.9 Å². The smallest absolute Gasteiger partial charge is 0.303 e. The number of benzene rings is 3. The highest BCUT2D eigenvalue weighted by Crippen LogP contribution is 2.48. The molecule has 0 saturated carbocycles. The second-order valence-corrected chi connectivity index (χ2v) is 19.1. The van der Waals surface area contributed by atoms with Gasteiger partial charge in [0.15, 0.2) is 5.71 Å². The Morgan fingerprint density at radius 3 is 2.15 bits per heavy atom. The molecule has 16 heteroatoms. The molecule has 0 spiro atoms. The molecule has 0 unspecified atom stereocenters. The van der Waals surface area contributed by atoms with Crippen LogP contribution in [0.4, 0.5) is 11.4 Å². The van der Waals surface area contributed by atoms with Crippen LogP contribution in [0.15, 0.2) is 89.5 Å². The quantitative estimate of drug-likeness (QED) is 0.0814. The number of anilines is 1. The van der Waals surface area contributed by atoms with Gasteiger partial charge in [0.25, 0.3) is 30.4 Å². The standard InChI is InChI=1S/C38H44N2O11S3/c1-37(2)30-24-26(13-19-35(41)42)12-17-31(30)39(20-8-22-52(43,44)45)33(37)10-6-5-7-11-34-38(3,4)36-29-16-15-28(54(49,50)51)25-27(29)14-18-32(36)40(34)21-9-23-53(46,47)48/h5-7,10-12,14-18,24-25H,8-9,13,19-23H2,1-4H3,(H3-,41,42,43,44,45,46,47,48,49,50,51)/p+1. The van der Waals surface area contributed by atoms with Crippen LogP contribution in [-0.4, -0.2) is 84.9 Å². The molecule has 0 aromatic heterocycles. The Kier molecular flexibility index (Phi) is 11.5. The molecule has 0 atom stereocenters. The Labute approximate surface area is 316 Å². The topological polar surface area (TPSA) is 207 Å². The van der Waals surface area contributed by atoms with Crippen LogP contribution in [0, 0.1) is 0 Å². The van der Waals surface area contributed by atoms with Crippen LogP contribution < -0.4 is 4.90 Å². The zero-order chi connectivity index (χ0) is 39.9. The molecule has 2 aliphatic heterocycles. The summed E-state index contributed by atoms with van der Waals surface area (Å²) < 4.78 is 100. The van der Waals surface area contributed by atoms with E-state index in [4.69, 9.17) is 0 Å². The summed E-state index contributed by atoms with van der Waals surface area (Å²) in [5, 5.41) is 10.6. The van der Waals surface area contributed by atoms with Crippen molar-refractivity contribution in [3.8, 4) is 0 Å². The molecular formula is C38H45N2O11S3+. The summed E-state index contributed by atoms with van der Waals surface area (Å²) in [4.78, 5) is 13.0. The first kappa shape index (κ1) is 41.0. The SMILES string of the molecule is CC1(C)C(/C=C/C=C/C=C2/N(CCCS(=O)(=O)O)c3ccc(CCC(=O)O)cc3C2(C)C)=[N+](CCCS(=O)(=O)O)c2ccc3cc(S(=O)(=O)O)ccc3c21. The van der Waals surface area contributed by atoms with Crippen LogP contribution in [0.5, 0.6) is 0 Å². The predicted octanol–water partition coefficient (Wildman–Crippen LogP) is 5.83. The third kappa shape index (κ3) is 9.01. The first-order valence-electron chi connectivity index (χ1n) is 17.3. The number of rotatable bonds is 15. The van der Waals surface area contributed by atoms with Gasteiger partial charge in [-0.2, -0.15) is 29.8 Å². The van der Waals surface area contributed by atoms with E-state index < -0.39 is 58.7 Å². The first-order chi connectivity index (χ1) is 25.0. The molecule has 4 N–H and O–H groups in total. The van der Waals surface area contributed by atoms with Crippen LogP contribution >= 0.6 is 0 Å². The third-order valence-electron chi connectivity index (χ3n) is 10.00. The summed E-state index contributed by atoms with van der Waals surface area (Å²) in [7, 11) is -12.8. The molecule has 0 amide bonds. The maximum atomic E-state index is 11.9. The van der Waals surface area contributed by atoms with Crippen molar-refractivity contribution in [2.75, 3.05) is 29.5 Å². The summed E-state index contributed by atoms with van der Waals surface area (Å²) in [6.07, 6.45) is 10.0. The number of hydrogen-bond donors (Lipinski definition) is 4. The van der Waals surface area contributed by atoms with Crippen molar-refractivity contribution in [2.24, 2.45) is 0 Å². The van der Waals surface area contributed by atoms with Crippen molar-refractivity contribution in [3.05, 3.63) is 101 Å². The molecule has 0 bridgehead atoms. The Morgan fingerprint density at radius 1 is 0.815 bits per heavy atom. The molecule has 0 aliphatic carbocycles. The van der Waals surface area contributed by atoms with Gasteiger partial charge in [0, 0.05) is 53.9 Å². The van der Waals surface area contributed by atoms with Gasteiger partial charge < -0.3 is 10.0 Å². The number of carbonyl (C=O) groups is 1. The lowest BCUT2D eigenvalue weighted by Crippen LogP contribution is -2.28. The van der Waals surface area contributed by atoms with Gasteiger partial charge in [-0.1, -0.05) is 50.3 Å². The van der Waals surface area contributed by atoms with E-state index in [0.29, 0.717) is 18.4 Å². The highest BCUT2D eigenvalue weighted by molar-refractivity contribution is 7.86. The third-order valence-corrected chi connectivity index (χ3v) is 12.5. The predicted molar refractivity (Wildman–Crippen MR) is 208 cm³/mol. The maximum absolute atomic E-state index is 11.9. The van der Waals surface area contributed by atoms with E-state index in [2.05, 4.69) is 0 Å². The molecule has 54 heavy (non-hydrogen) atoms. The molecule has 290 valence electrons. The van der Waals surface area contributed by atoms with Gasteiger partial charge >= 0.3 is 5.97 Å². The summed E-state index contributed by atoms with van der Waals surface area (Å²) in [5.41, 5.74) is 4.88. The number of nitrogens with zero attached hydrogens (tertiary/aromatic N) is 2. The number of carboxylic acid groups (broad SMARTS) is 1. The Hall–Kier alpha value is -4.19. The van der Waals surface area contributed by atoms with E-state index >= 15 is 0 Å². The lowest BCUT2D eigenvalue weighted by Gasteiger charge is -2.27. The molecule has 0 saturated heterocycles. The number of allylic oxidation sites excluding steroid dienone is 6. The minimum Gasteiger partial charge on any atom is -0.481 e. The van der Waals surface area contributed by atoms with Crippen molar-refractivity contribution >= 4 is 64.2 Å². The van der Waals surface area contributed by atoms with Crippen LogP contribution in [-0.2, 0) is 52.4 Å². The minimum absolute atomic E-state index is 0.0148. The number of hydrogen-bond acceptors (Lipinski definition) is 8. The molecule has 5 rings (SSSR count). The summed E-state index contributed by atoms with van der Waals surface area (Å²) in [5.74, 6) is -1.74. The highest BCUT2D eigenvalue weighted by Gasteiger charge is 2.45. The summed E-state index contributed by atoms with van der Waals surface area (Å²) in [6.45, 7) is 8.65. The van der Waals surface area contributed by atoms with Gasteiger partial charge in [0.05, 0.1) is 21.8 Å². The van der Waals surface area contributed by atoms with Gasteiger partial charge in [-0.15, -0.1) is 0 Å². The van der Waals surface area contributed by atoms with Crippen LogP contribution in [0.2, 0.25) is 0 Å². The molecular weight excluding hydrogens is 757 g/mol. The van der Waals surface area contributed by atoms with Crippen molar-refractivity contribution in [1.82, 2.24) is 0 Å². The summed E-state index contributed by atoms with van der Waals surface area (Å²) >= 11 is 0. The van der Waals surface area contributed by atoms with Crippen LogP contribution in [0.3, 0.4) is 0 Å². The van der Waals surface area contributed by atoms with Crippen LogP contribution in [0.25, 0.3) is 10.8 Å². The average molecular weight is 802 g/mol.